The summed E-state index contributed by atoms with van der Waals surface area (Å²) in [5.74, 6) is 0.336. The lowest BCUT2D eigenvalue weighted by atomic mass is 10.0. The average molecular weight is 269 g/mol. The van der Waals surface area contributed by atoms with E-state index in [-0.39, 0.29) is 0 Å². The second-order valence-electron chi connectivity index (χ2n) is 5.65. The van der Waals surface area contributed by atoms with Gasteiger partial charge in [0.25, 0.3) is 0 Å². The molecule has 0 fully saturated rings. The van der Waals surface area contributed by atoms with Crippen molar-refractivity contribution < 1.29 is 5.11 Å². The Balaban J connectivity index is 2.99. The smallest absolute Gasteiger partial charge is 0.108 e. The van der Waals surface area contributed by atoms with Gasteiger partial charge in [0.05, 0.1) is 0 Å². The second-order valence-corrected chi connectivity index (χ2v) is 5.65. The molecule has 0 spiro atoms. The SMILES string of the molecule is CCCCCCCCCCCCCCCC(O)=CN. The number of allylic oxidation sites excluding steroid dienone is 1. The highest BCUT2D eigenvalue weighted by atomic mass is 16.3. The molecule has 0 aromatic heterocycles. The molecular formula is C17H35NO. The Bertz CT molecular complexity index is 201. The van der Waals surface area contributed by atoms with Crippen LogP contribution in [0.2, 0.25) is 0 Å². The summed E-state index contributed by atoms with van der Waals surface area (Å²) in [6.07, 6.45) is 19.7. The molecule has 0 atom stereocenters. The molecular weight excluding hydrogens is 234 g/mol. The minimum Gasteiger partial charge on any atom is -0.511 e. The van der Waals surface area contributed by atoms with Gasteiger partial charge in [0.1, 0.15) is 5.76 Å². The van der Waals surface area contributed by atoms with Crippen LogP contribution < -0.4 is 5.73 Å². The lowest BCUT2D eigenvalue weighted by molar-refractivity contribution is 0.378. The van der Waals surface area contributed by atoms with E-state index in [1.54, 1.807) is 0 Å². The fraction of sp³-hybridized carbons (Fsp3) is 0.882. The number of hydrogen-bond donors (Lipinski definition) is 2. The van der Waals surface area contributed by atoms with Crippen LogP contribution in [0.25, 0.3) is 0 Å². The summed E-state index contributed by atoms with van der Waals surface area (Å²) in [4.78, 5) is 0. The minimum absolute atomic E-state index is 0.336. The zero-order chi connectivity index (χ0) is 14.2. The molecule has 0 radical (unpaired) electrons. The monoisotopic (exact) mass is 269 g/mol. The van der Waals surface area contributed by atoms with E-state index >= 15 is 0 Å². The van der Waals surface area contributed by atoms with Gasteiger partial charge in [-0.2, -0.15) is 0 Å². The molecule has 2 heteroatoms. The predicted molar refractivity (Wildman–Crippen MR) is 85.2 cm³/mol. The predicted octanol–water partition coefficient (Wildman–Crippen LogP) is 5.83. The fourth-order valence-electron chi connectivity index (χ4n) is 2.41. The number of nitrogens with two attached hydrogens (primary N) is 1. The summed E-state index contributed by atoms with van der Waals surface area (Å²) >= 11 is 0. The lowest BCUT2D eigenvalue weighted by Crippen LogP contribution is -1.88. The minimum atomic E-state index is 0.336. The topological polar surface area (TPSA) is 46.2 Å². The molecule has 3 N–H and O–H groups in total. The van der Waals surface area contributed by atoms with Gasteiger partial charge in [-0.15, -0.1) is 0 Å². The van der Waals surface area contributed by atoms with Crippen molar-refractivity contribution in [3.63, 3.8) is 0 Å². The first kappa shape index (κ1) is 18.3. The third kappa shape index (κ3) is 15.3. The first-order valence-corrected chi connectivity index (χ1v) is 8.41. The Kier molecular flexibility index (Phi) is 14.9. The van der Waals surface area contributed by atoms with Crippen molar-refractivity contribution in [2.24, 2.45) is 5.73 Å². The van der Waals surface area contributed by atoms with E-state index in [1.807, 2.05) is 0 Å². The third-order valence-corrected chi connectivity index (χ3v) is 3.73. The van der Waals surface area contributed by atoms with Crippen LogP contribution in [0.4, 0.5) is 0 Å². The molecule has 0 saturated heterocycles. The lowest BCUT2D eigenvalue weighted by Gasteiger charge is -2.03. The second kappa shape index (κ2) is 15.4. The summed E-state index contributed by atoms with van der Waals surface area (Å²) in [5.41, 5.74) is 5.21. The molecule has 2 nitrogen and oxygen atoms in total. The summed E-state index contributed by atoms with van der Waals surface area (Å²) in [7, 11) is 0. The first-order chi connectivity index (χ1) is 9.31. The number of rotatable bonds is 14. The van der Waals surface area contributed by atoms with Crippen LogP contribution in [-0.2, 0) is 0 Å². The number of aliphatic hydroxyl groups is 1. The van der Waals surface area contributed by atoms with Crippen molar-refractivity contribution in [2.45, 2.75) is 96.8 Å². The highest BCUT2D eigenvalue weighted by molar-refractivity contribution is 4.85. The van der Waals surface area contributed by atoms with Crippen LogP contribution in [0.3, 0.4) is 0 Å². The fourth-order valence-corrected chi connectivity index (χ4v) is 2.41. The van der Waals surface area contributed by atoms with Gasteiger partial charge in [-0.1, -0.05) is 84.0 Å². The van der Waals surface area contributed by atoms with E-state index < -0.39 is 0 Å². The van der Waals surface area contributed by atoms with E-state index in [1.165, 1.54) is 83.2 Å². The van der Waals surface area contributed by atoms with Crippen LogP contribution in [0.1, 0.15) is 96.8 Å². The van der Waals surface area contributed by atoms with Crippen molar-refractivity contribution >= 4 is 0 Å². The zero-order valence-corrected chi connectivity index (χ0v) is 13.0. The summed E-state index contributed by atoms with van der Waals surface area (Å²) in [5, 5.41) is 9.17. The largest absolute Gasteiger partial charge is 0.511 e. The van der Waals surface area contributed by atoms with Gasteiger partial charge in [-0.3, -0.25) is 0 Å². The van der Waals surface area contributed by atoms with Crippen LogP contribution in [0.5, 0.6) is 0 Å². The zero-order valence-electron chi connectivity index (χ0n) is 13.0. The van der Waals surface area contributed by atoms with Gasteiger partial charge in [-0.25, -0.2) is 0 Å². The Labute approximate surface area is 120 Å². The summed E-state index contributed by atoms with van der Waals surface area (Å²) in [6, 6.07) is 0. The molecule has 19 heavy (non-hydrogen) atoms. The number of hydrogen-bond acceptors (Lipinski definition) is 2. The summed E-state index contributed by atoms with van der Waals surface area (Å²) in [6.45, 7) is 2.27. The Morgan fingerprint density at radius 1 is 0.737 bits per heavy atom. The van der Waals surface area contributed by atoms with Gasteiger partial charge in [0.15, 0.2) is 0 Å². The maximum atomic E-state index is 9.17. The average Bonchev–Trinajstić information content (AvgIpc) is 2.43. The maximum absolute atomic E-state index is 9.17. The first-order valence-electron chi connectivity index (χ1n) is 8.41. The molecule has 0 saturated carbocycles. The van der Waals surface area contributed by atoms with Crippen LogP contribution in [-0.4, -0.2) is 5.11 Å². The molecule has 0 unspecified atom stereocenters. The highest BCUT2D eigenvalue weighted by Gasteiger charge is 1.95. The Morgan fingerprint density at radius 3 is 1.47 bits per heavy atom. The molecule has 0 aromatic carbocycles. The molecule has 0 aliphatic carbocycles. The van der Waals surface area contributed by atoms with Crippen molar-refractivity contribution in [3.8, 4) is 0 Å². The van der Waals surface area contributed by atoms with Crippen LogP contribution in [0.15, 0.2) is 12.0 Å². The molecule has 0 bridgehead atoms. The third-order valence-electron chi connectivity index (χ3n) is 3.73. The van der Waals surface area contributed by atoms with E-state index in [0.29, 0.717) is 5.76 Å². The molecule has 0 aliphatic heterocycles. The van der Waals surface area contributed by atoms with Gasteiger partial charge < -0.3 is 10.8 Å². The molecule has 0 heterocycles. The maximum Gasteiger partial charge on any atom is 0.108 e. The molecule has 0 aromatic rings. The van der Waals surface area contributed by atoms with Crippen molar-refractivity contribution in [1.29, 1.82) is 0 Å². The van der Waals surface area contributed by atoms with Crippen molar-refractivity contribution in [2.75, 3.05) is 0 Å². The molecule has 0 aliphatic rings. The number of unbranched alkanes of at least 4 members (excludes halogenated alkanes) is 12. The van der Waals surface area contributed by atoms with Crippen LogP contribution >= 0.6 is 0 Å². The highest BCUT2D eigenvalue weighted by Crippen LogP contribution is 2.13. The van der Waals surface area contributed by atoms with E-state index in [2.05, 4.69) is 6.92 Å². The van der Waals surface area contributed by atoms with Gasteiger partial charge in [0.2, 0.25) is 0 Å². The van der Waals surface area contributed by atoms with Gasteiger partial charge >= 0.3 is 0 Å². The number of aliphatic hydroxyl groups excluding tert-OH is 1. The van der Waals surface area contributed by atoms with E-state index in [0.717, 1.165) is 12.8 Å². The van der Waals surface area contributed by atoms with E-state index in [4.69, 9.17) is 5.73 Å². The quantitative estimate of drug-likeness (QED) is 0.308. The van der Waals surface area contributed by atoms with E-state index in [9.17, 15) is 5.11 Å². The normalized spacial score (nSPS) is 11.9. The Morgan fingerprint density at radius 2 is 1.11 bits per heavy atom. The van der Waals surface area contributed by atoms with Crippen LogP contribution in [0, 0.1) is 0 Å². The Hall–Kier alpha value is -0.660. The van der Waals surface area contributed by atoms with Gasteiger partial charge in [-0.05, 0) is 6.42 Å². The van der Waals surface area contributed by atoms with Crippen molar-refractivity contribution in [3.05, 3.63) is 12.0 Å². The molecule has 0 amide bonds. The van der Waals surface area contributed by atoms with Gasteiger partial charge in [0, 0.05) is 12.6 Å². The van der Waals surface area contributed by atoms with Crippen molar-refractivity contribution in [1.82, 2.24) is 0 Å². The standard InChI is InChI=1S/C17H35NO/c1-2-3-4-5-6-7-8-9-10-11-12-13-14-15-17(19)16-18/h16,19H,2-15,18H2,1H3. The molecule has 114 valence electrons. The molecule has 0 rings (SSSR count). The summed E-state index contributed by atoms with van der Waals surface area (Å²) < 4.78 is 0.